The Labute approximate surface area is 145 Å². The average molecular weight is 338 g/mol. The maximum atomic E-state index is 14.2. The van der Waals surface area contributed by atoms with Gasteiger partial charge in [0.15, 0.2) is 0 Å². The molecule has 0 radical (unpaired) electrons. The first-order chi connectivity index (χ1) is 11.2. The summed E-state index contributed by atoms with van der Waals surface area (Å²) in [5, 5.41) is 0. The molecule has 3 heteroatoms. The van der Waals surface area contributed by atoms with Crippen LogP contribution in [0, 0.1) is 40.4 Å². The largest absolute Gasteiger partial charge is 0.299 e. The van der Waals surface area contributed by atoms with Gasteiger partial charge in [0.1, 0.15) is 5.78 Å². The average Bonchev–Trinajstić information content (AvgIpc) is 2.82. The van der Waals surface area contributed by atoms with E-state index >= 15 is 0 Å². The van der Waals surface area contributed by atoms with Crippen molar-refractivity contribution in [2.75, 3.05) is 0 Å². The summed E-state index contributed by atoms with van der Waals surface area (Å²) in [6.45, 7) is 5.44. The normalized spacial score (nSPS) is 51.7. The highest BCUT2D eigenvalue weighted by Crippen LogP contribution is 2.67. The molecule has 4 aliphatic carbocycles. The SMILES string of the molecule is CC(F)(F)[C@H]1CC[C@H]2[C@@H]3CCC4CCCC[C@]4(C)[C@H]3C(=O)C[C@]12C. The number of alkyl halides is 2. The molecule has 0 heterocycles. The minimum atomic E-state index is -2.66. The third kappa shape index (κ3) is 2.18. The van der Waals surface area contributed by atoms with Crippen LogP contribution in [0.2, 0.25) is 0 Å². The van der Waals surface area contributed by atoms with Crippen molar-refractivity contribution in [3.63, 3.8) is 0 Å². The number of carbonyl (C=O) groups is 1. The lowest BCUT2D eigenvalue weighted by Crippen LogP contribution is -2.57. The van der Waals surface area contributed by atoms with Crippen molar-refractivity contribution in [2.24, 2.45) is 40.4 Å². The molecule has 0 saturated heterocycles. The maximum Gasteiger partial charge on any atom is 0.248 e. The van der Waals surface area contributed by atoms with Crippen molar-refractivity contribution < 1.29 is 13.6 Å². The van der Waals surface area contributed by atoms with Gasteiger partial charge in [0.25, 0.3) is 0 Å². The fraction of sp³-hybridized carbons (Fsp3) is 0.952. The number of fused-ring (bicyclic) bond motifs is 5. The van der Waals surface area contributed by atoms with E-state index in [1.165, 1.54) is 32.1 Å². The molecule has 1 nitrogen and oxygen atoms in total. The molecule has 0 aromatic heterocycles. The van der Waals surface area contributed by atoms with E-state index in [1.54, 1.807) is 0 Å². The standard InChI is InChI=1S/C21H32F2O/c1-19-11-5-4-6-13(19)7-8-14-15-9-10-17(21(3,22)23)20(15,2)12-16(24)18(14)19/h13-15,17-18H,4-12H2,1-3H3/t13?,14-,15-,17-,18+,19-,20-/m0/s1. The third-order valence-corrected chi connectivity index (χ3v) is 8.88. The molecule has 0 amide bonds. The van der Waals surface area contributed by atoms with Crippen LogP contribution in [0.3, 0.4) is 0 Å². The first-order valence-corrected chi connectivity index (χ1v) is 10.1. The fourth-order valence-electron chi connectivity index (χ4n) is 7.94. The van der Waals surface area contributed by atoms with E-state index < -0.39 is 17.3 Å². The lowest BCUT2D eigenvalue weighted by atomic mass is 9.44. The summed E-state index contributed by atoms with van der Waals surface area (Å²) in [6, 6.07) is 0. The molecular formula is C21H32F2O. The van der Waals surface area contributed by atoms with Gasteiger partial charge in [0.2, 0.25) is 5.92 Å². The van der Waals surface area contributed by atoms with Gasteiger partial charge < -0.3 is 0 Å². The van der Waals surface area contributed by atoms with Gasteiger partial charge in [-0.2, -0.15) is 0 Å². The van der Waals surface area contributed by atoms with Crippen molar-refractivity contribution >= 4 is 5.78 Å². The van der Waals surface area contributed by atoms with Gasteiger partial charge in [-0.15, -0.1) is 0 Å². The predicted molar refractivity (Wildman–Crippen MR) is 90.8 cm³/mol. The van der Waals surface area contributed by atoms with Crippen LogP contribution >= 0.6 is 0 Å². The molecule has 0 aromatic rings. The van der Waals surface area contributed by atoms with Gasteiger partial charge in [-0.25, -0.2) is 8.78 Å². The van der Waals surface area contributed by atoms with Crippen LogP contribution in [-0.4, -0.2) is 11.7 Å². The summed E-state index contributed by atoms with van der Waals surface area (Å²) in [5.74, 6) is -1.42. The van der Waals surface area contributed by atoms with E-state index in [0.717, 1.165) is 19.8 Å². The maximum absolute atomic E-state index is 14.2. The second-order valence-corrected chi connectivity index (χ2v) is 10.0. The molecule has 7 atom stereocenters. The van der Waals surface area contributed by atoms with Crippen LogP contribution in [-0.2, 0) is 4.79 Å². The highest BCUT2D eigenvalue weighted by molar-refractivity contribution is 5.84. The molecule has 4 fully saturated rings. The molecule has 4 aliphatic rings. The van der Waals surface area contributed by atoms with E-state index in [1.807, 2.05) is 6.92 Å². The molecule has 0 aromatic carbocycles. The highest BCUT2D eigenvalue weighted by atomic mass is 19.3. The summed E-state index contributed by atoms with van der Waals surface area (Å²) in [6.07, 6.45) is 9.18. The number of Topliss-reactive ketones (excluding diaryl/α,β-unsaturated/α-hetero) is 1. The zero-order valence-corrected chi connectivity index (χ0v) is 15.4. The van der Waals surface area contributed by atoms with Crippen LogP contribution in [0.5, 0.6) is 0 Å². The van der Waals surface area contributed by atoms with E-state index in [9.17, 15) is 13.6 Å². The molecule has 4 saturated carbocycles. The lowest BCUT2D eigenvalue weighted by molar-refractivity contribution is -0.166. The number of hydrogen-bond acceptors (Lipinski definition) is 1. The summed E-state index contributed by atoms with van der Waals surface area (Å²) < 4.78 is 28.5. The predicted octanol–water partition coefficient (Wildman–Crippen LogP) is 5.87. The Hall–Kier alpha value is -0.470. The second kappa shape index (κ2) is 5.27. The Bertz CT molecular complexity index is 538. The Morgan fingerprint density at radius 3 is 2.46 bits per heavy atom. The number of ketones is 1. The van der Waals surface area contributed by atoms with Gasteiger partial charge in [-0.1, -0.05) is 26.7 Å². The smallest absolute Gasteiger partial charge is 0.248 e. The number of carbonyl (C=O) groups excluding carboxylic acids is 1. The van der Waals surface area contributed by atoms with Crippen LogP contribution < -0.4 is 0 Å². The van der Waals surface area contributed by atoms with Crippen LogP contribution in [0.1, 0.15) is 78.6 Å². The van der Waals surface area contributed by atoms with Crippen molar-refractivity contribution in [3.05, 3.63) is 0 Å². The van der Waals surface area contributed by atoms with Crippen LogP contribution in [0.25, 0.3) is 0 Å². The Kier molecular flexibility index (Phi) is 3.72. The van der Waals surface area contributed by atoms with Gasteiger partial charge in [-0.3, -0.25) is 4.79 Å². The van der Waals surface area contributed by atoms with Crippen molar-refractivity contribution in [3.8, 4) is 0 Å². The summed E-state index contributed by atoms with van der Waals surface area (Å²) in [7, 11) is 0. The fourth-order valence-corrected chi connectivity index (χ4v) is 7.94. The van der Waals surface area contributed by atoms with Gasteiger partial charge >= 0.3 is 0 Å². The monoisotopic (exact) mass is 338 g/mol. The molecule has 136 valence electrons. The lowest BCUT2D eigenvalue weighted by Gasteiger charge is -2.59. The molecule has 24 heavy (non-hydrogen) atoms. The molecule has 0 aliphatic heterocycles. The zero-order valence-electron chi connectivity index (χ0n) is 15.4. The van der Waals surface area contributed by atoms with Gasteiger partial charge in [0, 0.05) is 18.3 Å². The van der Waals surface area contributed by atoms with Crippen molar-refractivity contribution in [2.45, 2.75) is 84.5 Å². The molecular weight excluding hydrogens is 306 g/mol. The minimum Gasteiger partial charge on any atom is -0.299 e. The molecule has 1 unspecified atom stereocenters. The van der Waals surface area contributed by atoms with Crippen LogP contribution in [0.15, 0.2) is 0 Å². The van der Waals surface area contributed by atoms with E-state index in [-0.39, 0.29) is 11.3 Å². The second-order valence-electron chi connectivity index (χ2n) is 10.0. The van der Waals surface area contributed by atoms with Gasteiger partial charge in [-0.05, 0) is 74.0 Å². The quantitative estimate of drug-likeness (QED) is 0.584. The molecule has 0 spiro atoms. The van der Waals surface area contributed by atoms with Crippen molar-refractivity contribution in [1.29, 1.82) is 0 Å². The van der Waals surface area contributed by atoms with Crippen molar-refractivity contribution in [1.82, 2.24) is 0 Å². The first kappa shape index (κ1) is 17.0. The Morgan fingerprint density at radius 2 is 1.75 bits per heavy atom. The Morgan fingerprint density at radius 1 is 1.00 bits per heavy atom. The van der Waals surface area contributed by atoms with Crippen LogP contribution in [0.4, 0.5) is 8.78 Å². The third-order valence-electron chi connectivity index (χ3n) is 8.88. The number of hydrogen-bond donors (Lipinski definition) is 0. The molecule has 0 N–H and O–H groups in total. The molecule has 0 bridgehead atoms. The minimum absolute atomic E-state index is 0.145. The summed E-state index contributed by atoms with van der Waals surface area (Å²) in [4.78, 5) is 13.3. The topological polar surface area (TPSA) is 17.1 Å². The van der Waals surface area contributed by atoms with E-state index in [4.69, 9.17) is 0 Å². The number of rotatable bonds is 1. The first-order valence-electron chi connectivity index (χ1n) is 10.1. The highest BCUT2D eigenvalue weighted by Gasteiger charge is 2.65. The zero-order chi connectivity index (χ0) is 17.3. The number of halogens is 2. The van der Waals surface area contributed by atoms with Gasteiger partial charge in [0.05, 0.1) is 0 Å². The summed E-state index contributed by atoms with van der Waals surface area (Å²) in [5.41, 5.74) is -0.333. The summed E-state index contributed by atoms with van der Waals surface area (Å²) >= 11 is 0. The Balaban J connectivity index is 1.69. The van der Waals surface area contributed by atoms with E-state index in [0.29, 0.717) is 36.4 Å². The van der Waals surface area contributed by atoms with E-state index in [2.05, 4.69) is 6.92 Å². The molecule has 4 rings (SSSR count).